The van der Waals surface area contributed by atoms with Gasteiger partial charge in [0.1, 0.15) is 5.39 Å². The van der Waals surface area contributed by atoms with Crippen LogP contribution in [0.25, 0.3) is 10.9 Å². The van der Waals surface area contributed by atoms with Crippen molar-refractivity contribution in [3.8, 4) is 6.07 Å². The highest BCUT2D eigenvalue weighted by atomic mass is 32.2. The topological polar surface area (TPSA) is 124 Å². The van der Waals surface area contributed by atoms with Crippen LogP contribution in [-0.2, 0) is 16.6 Å². The third-order valence-corrected chi connectivity index (χ3v) is 8.77. The quantitative estimate of drug-likeness (QED) is 0.605. The van der Waals surface area contributed by atoms with Crippen molar-refractivity contribution >= 4 is 32.4 Å². The first-order valence-corrected chi connectivity index (χ1v) is 12.7. The van der Waals surface area contributed by atoms with Gasteiger partial charge < -0.3 is 10.3 Å². The Morgan fingerprint density at radius 2 is 2.03 bits per heavy atom. The van der Waals surface area contributed by atoms with E-state index in [1.54, 1.807) is 24.4 Å². The Labute approximate surface area is 192 Å². The fourth-order valence-electron chi connectivity index (χ4n) is 5.00. The van der Waals surface area contributed by atoms with Crippen LogP contribution in [0, 0.1) is 17.2 Å². The van der Waals surface area contributed by atoms with Crippen molar-refractivity contribution in [2.75, 3.05) is 5.32 Å². The summed E-state index contributed by atoms with van der Waals surface area (Å²) in [6.45, 7) is 4.02. The molecule has 172 valence electrons. The lowest BCUT2D eigenvalue weighted by atomic mass is 9.85. The van der Waals surface area contributed by atoms with Gasteiger partial charge >= 0.3 is 0 Å². The standard InChI is InChI=1S/C23H26N6O3S/c1-14(2)28-13-16-11-17(7-8-20(16)33(28,31)32)26-22-21-19(9-10-25-23(21)30)29(27-22)18-6-4-3-5-15(18)12-24/h7-11,14-15,18H,3-6,13H2,1-2H3,(H,25,30)(H,26,27)/t15-,18+/m1/s1. The van der Waals surface area contributed by atoms with Crippen LogP contribution < -0.4 is 10.9 Å². The normalized spacial score (nSPS) is 22.4. The van der Waals surface area contributed by atoms with Crippen LogP contribution in [0.15, 0.2) is 40.2 Å². The van der Waals surface area contributed by atoms with Crippen LogP contribution in [0.2, 0.25) is 0 Å². The zero-order chi connectivity index (χ0) is 23.3. The molecule has 0 radical (unpaired) electrons. The molecular weight excluding hydrogens is 440 g/mol. The van der Waals surface area contributed by atoms with Crippen molar-refractivity contribution in [3.05, 3.63) is 46.4 Å². The lowest BCUT2D eigenvalue weighted by molar-refractivity contribution is 0.277. The minimum atomic E-state index is -3.50. The summed E-state index contributed by atoms with van der Waals surface area (Å²) in [6.07, 6.45) is 5.29. The molecule has 0 amide bonds. The SMILES string of the molecule is CC(C)N1Cc2cc(Nc3nn([C@H]4CCCC[C@@H]4C#N)c4cc[nH]c(=O)c34)ccc2S1(=O)=O. The Balaban J connectivity index is 1.56. The number of hydrogen-bond donors (Lipinski definition) is 2. The van der Waals surface area contributed by atoms with Crippen LogP contribution in [0.3, 0.4) is 0 Å². The van der Waals surface area contributed by atoms with E-state index in [-0.39, 0.29) is 23.6 Å². The van der Waals surface area contributed by atoms with Gasteiger partial charge in [0.15, 0.2) is 5.82 Å². The first kappa shape index (κ1) is 21.7. The van der Waals surface area contributed by atoms with Crippen LogP contribution >= 0.6 is 0 Å². The number of fused-ring (bicyclic) bond motifs is 2. The maximum Gasteiger partial charge on any atom is 0.261 e. The fraction of sp³-hybridized carbons (Fsp3) is 0.435. The largest absolute Gasteiger partial charge is 0.338 e. The predicted octanol–water partition coefficient (Wildman–Crippen LogP) is 3.64. The highest BCUT2D eigenvalue weighted by Crippen LogP contribution is 2.38. The molecule has 1 fully saturated rings. The molecule has 0 saturated heterocycles. The van der Waals surface area contributed by atoms with E-state index in [4.69, 9.17) is 5.10 Å². The number of pyridine rings is 1. The number of benzene rings is 1. The third-order valence-electron chi connectivity index (χ3n) is 6.65. The molecule has 1 saturated carbocycles. The molecule has 1 aliphatic carbocycles. The second kappa shape index (κ2) is 8.01. The van der Waals surface area contributed by atoms with Crippen molar-refractivity contribution in [1.82, 2.24) is 19.1 Å². The van der Waals surface area contributed by atoms with E-state index in [0.29, 0.717) is 39.4 Å². The summed E-state index contributed by atoms with van der Waals surface area (Å²) in [5.41, 5.74) is 1.79. The second-order valence-corrected chi connectivity index (χ2v) is 10.9. The van der Waals surface area contributed by atoms with Crippen molar-refractivity contribution in [2.24, 2.45) is 5.92 Å². The average Bonchev–Trinajstić information content (AvgIpc) is 3.29. The van der Waals surface area contributed by atoms with E-state index < -0.39 is 10.0 Å². The Kier molecular flexibility index (Phi) is 5.26. The number of nitrogens with one attached hydrogen (secondary N) is 2. The second-order valence-electron chi connectivity index (χ2n) is 9.04. The molecule has 3 aromatic rings. The van der Waals surface area contributed by atoms with Gasteiger partial charge in [-0.25, -0.2) is 8.42 Å². The molecule has 2 atom stereocenters. The van der Waals surface area contributed by atoms with Crippen LogP contribution in [0.1, 0.15) is 51.1 Å². The molecular formula is C23H26N6O3S. The molecule has 9 nitrogen and oxygen atoms in total. The Morgan fingerprint density at radius 3 is 2.79 bits per heavy atom. The van der Waals surface area contributed by atoms with Gasteiger partial charge in [-0.15, -0.1) is 0 Å². The van der Waals surface area contributed by atoms with Crippen molar-refractivity contribution < 1.29 is 8.42 Å². The monoisotopic (exact) mass is 466 g/mol. The molecule has 2 aliphatic rings. The molecule has 5 rings (SSSR count). The number of hydrogen-bond acceptors (Lipinski definition) is 6. The van der Waals surface area contributed by atoms with Crippen LogP contribution in [0.5, 0.6) is 0 Å². The summed E-state index contributed by atoms with van der Waals surface area (Å²) < 4.78 is 28.8. The number of rotatable bonds is 4. The number of sulfonamides is 1. The minimum absolute atomic E-state index is 0.0895. The number of anilines is 2. The number of nitrogens with zero attached hydrogens (tertiary/aromatic N) is 4. The molecule has 3 heterocycles. The van der Waals surface area contributed by atoms with E-state index in [1.165, 1.54) is 4.31 Å². The van der Waals surface area contributed by atoms with E-state index >= 15 is 0 Å². The Hall–Kier alpha value is -3.16. The van der Waals surface area contributed by atoms with Crippen molar-refractivity contribution in [1.29, 1.82) is 5.26 Å². The number of aromatic nitrogens is 3. The van der Waals surface area contributed by atoms with Gasteiger partial charge in [0, 0.05) is 24.5 Å². The molecule has 1 aromatic carbocycles. The summed E-state index contributed by atoms with van der Waals surface area (Å²) in [6, 6.07) is 9.10. The van der Waals surface area contributed by atoms with Gasteiger partial charge in [0.25, 0.3) is 5.56 Å². The number of H-pyrrole nitrogens is 1. The molecule has 2 N–H and O–H groups in total. The van der Waals surface area contributed by atoms with Crippen LogP contribution in [0.4, 0.5) is 11.5 Å². The van der Waals surface area contributed by atoms with Gasteiger partial charge in [0.05, 0.1) is 28.4 Å². The van der Waals surface area contributed by atoms with Crippen LogP contribution in [-0.4, -0.2) is 33.5 Å². The van der Waals surface area contributed by atoms with E-state index in [1.807, 2.05) is 24.6 Å². The third kappa shape index (κ3) is 3.52. The zero-order valence-corrected chi connectivity index (χ0v) is 19.4. The first-order valence-electron chi connectivity index (χ1n) is 11.2. The van der Waals surface area contributed by atoms with Gasteiger partial charge in [-0.2, -0.15) is 14.7 Å². The summed E-state index contributed by atoms with van der Waals surface area (Å²) in [4.78, 5) is 15.8. The first-order chi connectivity index (χ1) is 15.8. The van der Waals surface area contributed by atoms with Gasteiger partial charge in [-0.3, -0.25) is 9.48 Å². The predicted molar refractivity (Wildman–Crippen MR) is 125 cm³/mol. The summed E-state index contributed by atoms with van der Waals surface area (Å²) in [5, 5.41) is 18.1. The molecule has 1 aliphatic heterocycles. The summed E-state index contributed by atoms with van der Waals surface area (Å²) >= 11 is 0. The summed E-state index contributed by atoms with van der Waals surface area (Å²) in [5.74, 6) is 0.247. The van der Waals surface area contributed by atoms with Crippen molar-refractivity contribution in [2.45, 2.75) is 63.1 Å². The number of aromatic amines is 1. The van der Waals surface area contributed by atoms with Crippen molar-refractivity contribution in [3.63, 3.8) is 0 Å². The molecule has 33 heavy (non-hydrogen) atoms. The minimum Gasteiger partial charge on any atom is -0.338 e. The zero-order valence-electron chi connectivity index (χ0n) is 18.6. The lowest BCUT2D eigenvalue weighted by Gasteiger charge is -2.27. The maximum atomic E-state index is 12.8. The molecule has 0 unspecified atom stereocenters. The highest BCUT2D eigenvalue weighted by molar-refractivity contribution is 7.89. The molecule has 10 heteroatoms. The molecule has 0 spiro atoms. The van der Waals surface area contributed by atoms with Gasteiger partial charge in [-0.05, 0) is 56.5 Å². The summed E-state index contributed by atoms with van der Waals surface area (Å²) in [7, 11) is -3.50. The average molecular weight is 467 g/mol. The molecule has 2 aromatic heterocycles. The highest BCUT2D eigenvalue weighted by Gasteiger charge is 2.36. The van der Waals surface area contributed by atoms with E-state index in [0.717, 1.165) is 25.7 Å². The maximum absolute atomic E-state index is 12.8. The lowest BCUT2D eigenvalue weighted by Crippen LogP contribution is -2.31. The van der Waals surface area contributed by atoms with Gasteiger partial charge in [-0.1, -0.05) is 12.8 Å². The Bertz CT molecular complexity index is 1430. The van der Waals surface area contributed by atoms with E-state index in [9.17, 15) is 18.5 Å². The molecule has 0 bridgehead atoms. The number of nitriles is 1. The smallest absolute Gasteiger partial charge is 0.261 e. The Morgan fingerprint density at radius 1 is 1.24 bits per heavy atom. The van der Waals surface area contributed by atoms with Gasteiger partial charge in [0.2, 0.25) is 10.0 Å². The fourth-order valence-corrected chi connectivity index (χ4v) is 6.81. The van der Waals surface area contributed by atoms with E-state index in [2.05, 4.69) is 16.4 Å².